The van der Waals surface area contributed by atoms with Crippen LogP contribution in [0.2, 0.25) is 0 Å². The molecule has 9 nitrogen and oxygen atoms in total. The van der Waals surface area contributed by atoms with Gasteiger partial charge in [0.05, 0.1) is 42.9 Å². The van der Waals surface area contributed by atoms with E-state index >= 15 is 0 Å². The van der Waals surface area contributed by atoms with E-state index in [4.69, 9.17) is 18.9 Å². The fraction of sp³-hybridized carbons (Fsp3) is 0.909. The summed E-state index contributed by atoms with van der Waals surface area (Å²) < 4.78 is 22.2. The van der Waals surface area contributed by atoms with E-state index in [9.17, 15) is 24.9 Å². The van der Waals surface area contributed by atoms with E-state index in [1.54, 1.807) is 41.5 Å². The normalized spacial score (nSPS) is 30.5. The highest BCUT2D eigenvalue weighted by Gasteiger charge is 2.60. The molecular formula is C22H40O9. The second-order valence-corrected chi connectivity index (χ2v) is 10.2. The minimum atomic E-state index is -1.65. The molecule has 31 heavy (non-hydrogen) atoms. The number of hydrogen-bond donors (Lipinski definition) is 3. The van der Waals surface area contributed by atoms with Crippen LogP contribution in [0.3, 0.4) is 0 Å². The molecule has 6 atom stereocenters. The lowest BCUT2D eigenvalue weighted by Gasteiger charge is -2.53. The Bertz CT molecular complexity index is 607. The van der Waals surface area contributed by atoms with Gasteiger partial charge in [0.15, 0.2) is 0 Å². The summed E-state index contributed by atoms with van der Waals surface area (Å²) in [5.41, 5.74) is -3.15. The monoisotopic (exact) mass is 448 g/mol. The number of aliphatic hydroxyl groups excluding tert-OH is 3. The molecule has 3 N–H and O–H groups in total. The fourth-order valence-electron chi connectivity index (χ4n) is 3.97. The second kappa shape index (κ2) is 10.6. The van der Waals surface area contributed by atoms with Crippen LogP contribution in [0.25, 0.3) is 0 Å². The Morgan fingerprint density at radius 3 is 1.87 bits per heavy atom. The molecule has 0 heterocycles. The van der Waals surface area contributed by atoms with Gasteiger partial charge in [0.25, 0.3) is 0 Å². The van der Waals surface area contributed by atoms with Crippen LogP contribution in [0.1, 0.15) is 48.0 Å². The van der Waals surface area contributed by atoms with Crippen molar-refractivity contribution in [1.29, 1.82) is 0 Å². The maximum absolute atomic E-state index is 12.4. The van der Waals surface area contributed by atoms with Gasteiger partial charge in [-0.3, -0.25) is 9.59 Å². The van der Waals surface area contributed by atoms with E-state index in [0.29, 0.717) is 0 Å². The Morgan fingerprint density at radius 2 is 1.48 bits per heavy atom. The van der Waals surface area contributed by atoms with E-state index < -0.39 is 65.1 Å². The molecule has 1 rings (SSSR count). The second-order valence-electron chi connectivity index (χ2n) is 10.2. The van der Waals surface area contributed by atoms with Crippen LogP contribution in [-0.4, -0.2) is 85.2 Å². The number of carbonyl (C=O) groups is 2. The first-order chi connectivity index (χ1) is 14.2. The molecule has 0 aliphatic heterocycles. The maximum Gasteiger partial charge on any atom is 0.311 e. The molecule has 1 fully saturated rings. The molecule has 0 aromatic heterocycles. The molecule has 0 amide bonds. The Balaban J connectivity index is 3.36. The number of aliphatic hydroxyl groups is 3. The molecule has 0 radical (unpaired) electrons. The number of methoxy groups -OCH3 is 2. The van der Waals surface area contributed by atoms with E-state index in [1.165, 1.54) is 14.2 Å². The lowest BCUT2D eigenvalue weighted by atomic mass is 9.64. The van der Waals surface area contributed by atoms with Crippen LogP contribution in [0.5, 0.6) is 0 Å². The molecule has 0 bridgehead atoms. The van der Waals surface area contributed by atoms with Gasteiger partial charge in [-0.05, 0) is 41.5 Å². The van der Waals surface area contributed by atoms with Crippen LogP contribution in [0.15, 0.2) is 0 Å². The highest BCUT2D eigenvalue weighted by Crippen LogP contribution is 2.44. The summed E-state index contributed by atoms with van der Waals surface area (Å²) >= 11 is 0. The zero-order valence-electron chi connectivity index (χ0n) is 20.0. The van der Waals surface area contributed by atoms with E-state index in [-0.39, 0.29) is 19.6 Å². The number of hydrogen-bond acceptors (Lipinski definition) is 9. The third-order valence-electron chi connectivity index (χ3n) is 5.93. The molecule has 1 aliphatic rings. The predicted octanol–water partition coefficient (Wildman–Crippen LogP) is 0.915. The van der Waals surface area contributed by atoms with Crippen molar-refractivity contribution in [2.45, 2.75) is 71.9 Å². The van der Waals surface area contributed by atoms with Gasteiger partial charge >= 0.3 is 11.9 Å². The van der Waals surface area contributed by atoms with Crippen molar-refractivity contribution < 1.29 is 43.9 Å². The van der Waals surface area contributed by atoms with Crippen molar-refractivity contribution in [3.8, 4) is 0 Å². The summed E-state index contributed by atoms with van der Waals surface area (Å²) in [4.78, 5) is 24.8. The predicted molar refractivity (Wildman–Crippen MR) is 112 cm³/mol. The molecule has 182 valence electrons. The smallest absolute Gasteiger partial charge is 0.311 e. The summed E-state index contributed by atoms with van der Waals surface area (Å²) in [6.45, 7) is 9.30. The van der Waals surface area contributed by atoms with Crippen molar-refractivity contribution in [2.75, 3.05) is 34.0 Å². The Morgan fingerprint density at radius 1 is 1.00 bits per heavy atom. The van der Waals surface area contributed by atoms with Gasteiger partial charge in [-0.2, -0.15) is 0 Å². The highest BCUT2D eigenvalue weighted by atomic mass is 16.6. The first-order valence-corrected chi connectivity index (χ1v) is 10.6. The van der Waals surface area contributed by atoms with Crippen LogP contribution in [0.4, 0.5) is 0 Å². The first-order valence-electron chi connectivity index (χ1n) is 10.6. The Kier molecular flexibility index (Phi) is 9.47. The zero-order chi connectivity index (χ0) is 24.2. The Labute approximate surface area is 185 Å². The summed E-state index contributed by atoms with van der Waals surface area (Å²) in [6.07, 6.45) is -3.18. The van der Waals surface area contributed by atoms with Crippen LogP contribution < -0.4 is 0 Å². The van der Waals surface area contributed by atoms with Gasteiger partial charge in [0, 0.05) is 32.5 Å². The van der Waals surface area contributed by atoms with Crippen molar-refractivity contribution in [2.24, 2.45) is 22.7 Å². The molecule has 0 aromatic carbocycles. The van der Waals surface area contributed by atoms with Gasteiger partial charge in [0.2, 0.25) is 0 Å². The third kappa shape index (κ3) is 6.16. The van der Waals surface area contributed by atoms with E-state index in [1.807, 2.05) is 0 Å². The molecule has 0 saturated heterocycles. The number of esters is 2. The molecule has 1 saturated carbocycles. The van der Waals surface area contributed by atoms with Crippen molar-refractivity contribution in [1.82, 2.24) is 0 Å². The van der Waals surface area contributed by atoms with E-state index in [0.717, 1.165) is 0 Å². The van der Waals surface area contributed by atoms with Crippen molar-refractivity contribution in [3.63, 3.8) is 0 Å². The topological polar surface area (TPSA) is 132 Å². The zero-order valence-corrected chi connectivity index (χ0v) is 20.0. The first kappa shape index (κ1) is 27.8. The van der Waals surface area contributed by atoms with Gasteiger partial charge in [0.1, 0.15) is 11.7 Å². The molecule has 9 heteroatoms. The molecule has 0 aromatic rings. The molecule has 0 unspecified atom stereocenters. The summed E-state index contributed by atoms with van der Waals surface area (Å²) in [6, 6.07) is 0. The van der Waals surface area contributed by atoms with Crippen molar-refractivity contribution in [3.05, 3.63) is 0 Å². The number of rotatable bonds is 8. The summed E-state index contributed by atoms with van der Waals surface area (Å²) in [7, 11) is 2.78. The minimum Gasteiger partial charge on any atom is -0.465 e. The number of carbonyl (C=O) groups excluding carboxylic acids is 2. The van der Waals surface area contributed by atoms with Crippen LogP contribution in [0, 0.1) is 22.7 Å². The van der Waals surface area contributed by atoms with Crippen LogP contribution in [-0.2, 0) is 28.5 Å². The van der Waals surface area contributed by atoms with Gasteiger partial charge in [-0.1, -0.05) is 0 Å². The minimum absolute atomic E-state index is 0.0723. The van der Waals surface area contributed by atoms with Crippen molar-refractivity contribution >= 4 is 11.9 Å². The maximum atomic E-state index is 12.4. The molecule has 1 aliphatic carbocycles. The average Bonchev–Trinajstić information content (AvgIpc) is 2.68. The van der Waals surface area contributed by atoms with Gasteiger partial charge < -0.3 is 34.3 Å². The summed E-state index contributed by atoms with van der Waals surface area (Å²) in [5.74, 6) is -2.30. The van der Waals surface area contributed by atoms with Gasteiger partial charge in [-0.25, -0.2) is 0 Å². The fourth-order valence-corrected chi connectivity index (χ4v) is 3.97. The Hall–Kier alpha value is -1.26. The SMILES string of the molecule is CO[C@H]1C[C@@H](O)[C@@](OC)([C@@H](O)CO)[C@@H](COC(=O)C(C)(C)C)[C@H]1COC(=O)C(C)(C)C. The third-order valence-corrected chi connectivity index (χ3v) is 5.93. The highest BCUT2D eigenvalue weighted by molar-refractivity contribution is 5.75. The largest absolute Gasteiger partial charge is 0.465 e. The van der Waals surface area contributed by atoms with E-state index in [2.05, 4.69) is 0 Å². The quantitative estimate of drug-likeness (QED) is 0.464. The standard InChI is InChI=1S/C22H40O9/c1-20(2,3)18(26)30-11-13-14(12-31-19(27)21(4,5)6)22(29-8,17(25)10-23)16(24)9-15(13)28-7/h13-17,23-25H,9-12H2,1-8H3/t13-,14+,15+,16-,17+,22-/m1/s1. The van der Waals surface area contributed by atoms with Gasteiger partial charge in [-0.15, -0.1) is 0 Å². The molecular weight excluding hydrogens is 408 g/mol. The lowest BCUT2D eigenvalue weighted by Crippen LogP contribution is -2.68. The lowest BCUT2D eigenvalue weighted by molar-refractivity contribution is -0.262. The summed E-state index contributed by atoms with van der Waals surface area (Å²) in [5, 5.41) is 31.3. The molecule has 0 spiro atoms. The number of ether oxygens (including phenoxy) is 4. The van der Waals surface area contributed by atoms with Crippen LogP contribution >= 0.6 is 0 Å². The average molecular weight is 449 g/mol.